The lowest BCUT2D eigenvalue weighted by Crippen LogP contribution is -2.53. The Labute approximate surface area is 223 Å². The first-order valence-corrected chi connectivity index (χ1v) is 13.5. The number of nitrogens with zero attached hydrogens (tertiary/aromatic N) is 1. The molecule has 3 N–H and O–H groups in total. The highest BCUT2D eigenvalue weighted by molar-refractivity contribution is 5.87. The number of halogens is 3. The Balaban J connectivity index is 1.67. The van der Waals surface area contributed by atoms with Crippen molar-refractivity contribution in [2.24, 2.45) is 11.8 Å². The maximum Gasteiger partial charge on any atom is 0.242 e. The van der Waals surface area contributed by atoms with E-state index in [1.54, 1.807) is 6.92 Å². The zero-order valence-electron chi connectivity index (χ0n) is 23.0. The average molecular weight is 539 g/mol. The summed E-state index contributed by atoms with van der Waals surface area (Å²) < 4.78 is 42.3. The number of carbonyl (C=O) groups is 3. The van der Waals surface area contributed by atoms with E-state index in [-0.39, 0.29) is 41.3 Å². The van der Waals surface area contributed by atoms with Crippen molar-refractivity contribution in [2.75, 3.05) is 19.6 Å². The van der Waals surface area contributed by atoms with E-state index >= 15 is 0 Å². The van der Waals surface area contributed by atoms with Crippen LogP contribution in [0.15, 0.2) is 12.1 Å². The predicted molar refractivity (Wildman–Crippen MR) is 139 cm³/mol. The third-order valence-corrected chi connectivity index (χ3v) is 7.80. The molecule has 2 aliphatic rings. The summed E-state index contributed by atoms with van der Waals surface area (Å²) in [4.78, 5) is 40.0. The minimum Gasteiger partial charge on any atom is -0.352 e. The molecule has 10 heteroatoms. The van der Waals surface area contributed by atoms with Crippen molar-refractivity contribution in [3.63, 3.8) is 0 Å². The topological polar surface area (TPSA) is 90.5 Å². The van der Waals surface area contributed by atoms with Crippen LogP contribution in [0.5, 0.6) is 0 Å². The lowest BCUT2D eigenvalue weighted by Gasteiger charge is -2.32. The molecule has 1 saturated carbocycles. The maximum atomic E-state index is 14.7. The number of benzene rings is 1. The first-order chi connectivity index (χ1) is 17.8. The van der Waals surface area contributed by atoms with Gasteiger partial charge in [0.05, 0.1) is 5.92 Å². The third kappa shape index (κ3) is 7.27. The Kier molecular flexibility index (Phi) is 9.84. The second-order valence-electron chi connectivity index (χ2n) is 11.8. The molecule has 0 aromatic heterocycles. The van der Waals surface area contributed by atoms with E-state index in [1.165, 1.54) is 13.0 Å². The number of amides is 3. The SMILES string of the molecule is CC(=O)N[C@H](C(=O)NC[C@H](C)NC(=O)[C@@H]1CN(C(C)(C)C)C[C@H]1c1ccc(F)c(F)c1F)C1CCCCC1. The van der Waals surface area contributed by atoms with E-state index in [9.17, 15) is 27.6 Å². The fraction of sp³-hybridized carbons (Fsp3) is 0.679. The van der Waals surface area contributed by atoms with Crippen molar-refractivity contribution >= 4 is 17.7 Å². The molecular formula is C28H41F3N4O3. The number of likely N-dealkylation sites (tertiary alicyclic amines) is 1. The molecule has 1 heterocycles. The number of hydrogen-bond acceptors (Lipinski definition) is 4. The van der Waals surface area contributed by atoms with Gasteiger partial charge in [0.2, 0.25) is 17.7 Å². The molecule has 1 aliphatic heterocycles. The molecule has 0 bridgehead atoms. The largest absolute Gasteiger partial charge is 0.352 e. The smallest absolute Gasteiger partial charge is 0.242 e. The minimum atomic E-state index is -1.54. The van der Waals surface area contributed by atoms with Gasteiger partial charge in [0.15, 0.2) is 17.5 Å². The van der Waals surface area contributed by atoms with Gasteiger partial charge in [-0.3, -0.25) is 19.3 Å². The summed E-state index contributed by atoms with van der Waals surface area (Å²) in [7, 11) is 0. The number of nitrogens with one attached hydrogen (secondary N) is 3. The van der Waals surface area contributed by atoms with Crippen molar-refractivity contribution in [3.05, 3.63) is 35.1 Å². The van der Waals surface area contributed by atoms with E-state index in [4.69, 9.17) is 0 Å². The third-order valence-electron chi connectivity index (χ3n) is 7.80. The highest BCUT2D eigenvalue weighted by Gasteiger charge is 2.43. The Morgan fingerprint density at radius 1 is 1.00 bits per heavy atom. The van der Waals surface area contributed by atoms with E-state index in [0.29, 0.717) is 13.1 Å². The van der Waals surface area contributed by atoms with Crippen LogP contribution in [-0.2, 0) is 14.4 Å². The molecule has 1 saturated heterocycles. The maximum absolute atomic E-state index is 14.7. The number of carbonyl (C=O) groups excluding carboxylic acids is 3. The quantitative estimate of drug-likeness (QED) is 0.441. The van der Waals surface area contributed by atoms with Crippen molar-refractivity contribution in [1.82, 2.24) is 20.9 Å². The fourth-order valence-corrected chi connectivity index (χ4v) is 5.61. The monoisotopic (exact) mass is 538 g/mol. The Morgan fingerprint density at radius 3 is 2.26 bits per heavy atom. The molecule has 212 valence electrons. The van der Waals surface area contributed by atoms with E-state index in [1.807, 2.05) is 25.7 Å². The zero-order valence-corrected chi connectivity index (χ0v) is 23.0. The van der Waals surface area contributed by atoms with Crippen molar-refractivity contribution in [3.8, 4) is 0 Å². The first kappa shape index (κ1) is 29.9. The predicted octanol–water partition coefficient (Wildman–Crippen LogP) is 3.62. The summed E-state index contributed by atoms with van der Waals surface area (Å²) >= 11 is 0. The second kappa shape index (κ2) is 12.5. The molecule has 4 atom stereocenters. The standard InChI is InChI=1S/C28H41F3N4O3/c1-16(13-32-27(38)25(34-17(2)36)18-9-7-6-8-10-18)33-26(37)21-15-35(28(3,4)5)14-20(21)19-11-12-22(29)24(31)23(19)30/h11-12,16,18,20-21,25H,6-10,13-15H2,1-5H3,(H,32,38)(H,33,37)(H,34,36)/t16-,20-,21+,25-/m0/s1. The summed E-state index contributed by atoms with van der Waals surface area (Å²) in [6.45, 7) is 9.84. The van der Waals surface area contributed by atoms with Gasteiger partial charge in [-0.1, -0.05) is 25.3 Å². The average Bonchev–Trinajstić information content (AvgIpc) is 3.31. The molecule has 0 radical (unpaired) electrons. The van der Waals surface area contributed by atoms with Gasteiger partial charge in [0.25, 0.3) is 0 Å². The van der Waals surface area contributed by atoms with Gasteiger partial charge in [-0.2, -0.15) is 0 Å². The van der Waals surface area contributed by atoms with Gasteiger partial charge in [-0.25, -0.2) is 13.2 Å². The van der Waals surface area contributed by atoms with Gasteiger partial charge in [-0.05, 0) is 58.1 Å². The molecular weight excluding hydrogens is 497 g/mol. The fourth-order valence-electron chi connectivity index (χ4n) is 5.61. The number of rotatable bonds is 8. The van der Waals surface area contributed by atoms with E-state index < -0.39 is 41.4 Å². The Hall–Kier alpha value is -2.62. The van der Waals surface area contributed by atoms with Crippen LogP contribution in [-0.4, -0.2) is 59.9 Å². The molecule has 3 rings (SSSR count). The van der Waals surface area contributed by atoms with Crippen LogP contribution in [0.2, 0.25) is 0 Å². The summed E-state index contributed by atoms with van der Waals surface area (Å²) in [5.74, 6) is -6.26. The van der Waals surface area contributed by atoms with Crippen LogP contribution in [0.25, 0.3) is 0 Å². The highest BCUT2D eigenvalue weighted by atomic mass is 19.2. The minimum absolute atomic E-state index is 0.0256. The van der Waals surface area contributed by atoms with Gasteiger partial charge in [0, 0.05) is 44.1 Å². The molecule has 1 aromatic rings. The van der Waals surface area contributed by atoms with E-state index in [2.05, 4.69) is 16.0 Å². The molecule has 0 unspecified atom stereocenters. The number of hydrogen-bond donors (Lipinski definition) is 3. The molecule has 1 aromatic carbocycles. The molecule has 38 heavy (non-hydrogen) atoms. The van der Waals surface area contributed by atoms with Gasteiger partial charge in [0.1, 0.15) is 6.04 Å². The van der Waals surface area contributed by atoms with Crippen LogP contribution in [0, 0.1) is 29.3 Å². The van der Waals surface area contributed by atoms with Crippen LogP contribution in [0.4, 0.5) is 13.2 Å². The van der Waals surface area contributed by atoms with Gasteiger partial charge < -0.3 is 16.0 Å². The lowest BCUT2D eigenvalue weighted by atomic mass is 9.83. The van der Waals surface area contributed by atoms with E-state index in [0.717, 1.165) is 38.2 Å². The molecule has 7 nitrogen and oxygen atoms in total. The molecule has 1 aliphatic carbocycles. The molecule has 0 spiro atoms. The van der Waals surface area contributed by atoms with Crippen LogP contribution >= 0.6 is 0 Å². The first-order valence-electron chi connectivity index (χ1n) is 13.5. The normalized spacial score (nSPS) is 22.5. The summed E-state index contributed by atoms with van der Waals surface area (Å²) in [6, 6.07) is 1.03. The zero-order chi connectivity index (χ0) is 28.2. The Morgan fingerprint density at radius 2 is 1.66 bits per heavy atom. The van der Waals surface area contributed by atoms with Crippen molar-refractivity contribution in [2.45, 2.75) is 90.3 Å². The summed E-state index contributed by atoms with van der Waals surface area (Å²) in [6.07, 6.45) is 4.91. The summed E-state index contributed by atoms with van der Waals surface area (Å²) in [5.41, 5.74) is -0.345. The molecule has 2 fully saturated rings. The van der Waals surface area contributed by atoms with Gasteiger partial charge >= 0.3 is 0 Å². The molecule has 3 amide bonds. The van der Waals surface area contributed by atoms with Gasteiger partial charge in [-0.15, -0.1) is 0 Å². The van der Waals surface area contributed by atoms with Crippen molar-refractivity contribution < 1.29 is 27.6 Å². The van der Waals surface area contributed by atoms with Crippen LogP contribution in [0.1, 0.15) is 78.2 Å². The van der Waals surface area contributed by atoms with Crippen LogP contribution < -0.4 is 16.0 Å². The van der Waals surface area contributed by atoms with Crippen LogP contribution in [0.3, 0.4) is 0 Å². The second-order valence-corrected chi connectivity index (χ2v) is 11.8. The highest BCUT2D eigenvalue weighted by Crippen LogP contribution is 2.38. The lowest BCUT2D eigenvalue weighted by molar-refractivity contribution is -0.130. The Bertz CT molecular complexity index is 1020. The van der Waals surface area contributed by atoms with Crippen molar-refractivity contribution in [1.29, 1.82) is 0 Å². The summed E-state index contributed by atoms with van der Waals surface area (Å²) in [5, 5.41) is 8.52.